The maximum Gasteiger partial charge on any atom is 0.259 e. The van der Waals surface area contributed by atoms with Crippen molar-refractivity contribution in [1.29, 1.82) is 0 Å². The minimum absolute atomic E-state index is 0.0484. The van der Waals surface area contributed by atoms with Crippen molar-refractivity contribution in [1.82, 2.24) is 9.78 Å². The first-order valence-corrected chi connectivity index (χ1v) is 9.39. The molecule has 1 N–H and O–H groups in total. The summed E-state index contributed by atoms with van der Waals surface area (Å²) >= 11 is 0. The fourth-order valence-electron chi connectivity index (χ4n) is 6.23. The zero-order valence-corrected chi connectivity index (χ0v) is 15.3. The molecule has 3 aliphatic rings. The summed E-state index contributed by atoms with van der Waals surface area (Å²) in [5.74, 6) is 2.86. The Morgan fingerprint density at radius 2 is 2.20 bits per heavy atom. The summed E-state index contributed by atoms with van der Waals surface area (Å²) in [5, 5.41) is 7.47. The topological polar surface area (TPSA) is 46.9 Å². The number of hydrogen-bond acceptors (Lipinski definition) is 2. The molecule has 1 aromatic carbocycles. The highest BCUT2D eigenvalue weighted by Crippen LogP contribution is 2.84. The molecule has 2 aromatic rings. The van der Waals surface area contributed by atoms with Crippen LogP contribution in [0.3, 0.4) is 0 Å². The predicted molar refractivity (Wildman–Crippen MR) is 97.8 cm³/mol. The molecule has 4 heteroatoms. The van der Waals surface area contributed by atoms with Crippen LogP contribution in [0, 0.1) is 24.2 Å². The van der Waals surface area contributed by atoms with E-state index in [0.717, 1.165) is 29.1 Å². The van der Waals surface area contributed by atoms with Crippen molar-refractivity contribution in [3.8, 4) is 0 Å². The summed E-state index contributed by atoms with van der Waals surface area (Å²) in [5.41, 5.74) is 5.91. The van der Waals surface area contributed by atoms with E-state index in [0.29, 0.717) is 16.9 Å². The predicted octanol–water partition coefficient (Wildman–Crippen LogP) is 4.23. The van der Waals surface area contributed by atoms with Crippen LogP contribution in [0.4, 0.5) is 5.69 Å². The van der Waals surface area contributed by atoms with E-state index in [2.05, 4.69) is 42.5 Å². The van der Waals surface area contributed by atoms with Gasteiger partial charge < -0.3 is 5.32 Å². The van der Waals surface area contributed by atoms with Gasteiger partial charge in [0.1, 0.15) is 0 Å². The Morgan fingerprint density at radius 1 is 1.40 bits per heavy atom. The second kappa shape index (κ2) is 4.75. The molecule has 0 radical (unpaired) electrons. The zero-order chi connectivity index (χ0) is 17.5. The van der Waals surface area contributed by atoms with Gasteiger partial charge in [0.25, 0.3) is 5.91 Å². The summed E-state index contributed by atoms with van der Waals surface area (Å²) in [4.78, 5) is 12.8. The number of aryl methyl sites for hydroxylation is 2. The molecular formula is C21H25N3O. The van der Waals surface area contributed by atoms with Crippen LogP contribution in [-0.2, 0) is 7.05 Å². The van der Waals surface area contributed by atoms with Gasteiger partial charge in [-0.05, 0) is 66.0 Å². The zero-order valence-electron chi connectivity index (χ0n) is 15.3. The number of nitrogens with one attached hydrogen (secondary N) is 1. The first kappa shape index (κ1) is 15.2. The molecule has 1 aromatic heterocycles. The number of aromatic nitrogens is 2. The first-order chi connectivity index (χ1) is 11.9. The Balaban J connectivity index is 1.50. The molecule has 130 valence electrons. The van der Waals surface area contributed by atoms with Gasteiger partial charge in [-0.2, -0.15) is 5.10 Å². The average Bonchev–Trinajstić information content (AvgIpc) is 2.77. The lowest BCUT2D eigenvalue weighted by Gasteiger charge is -2.22. The summed E-state index contributed by atoms with van der Waals surface area (Å²) in [6.45, 7) is 6.65. The van der Waals surface area contributed by atoms with Gasteiger partial charge in [0.2, 0.25) is 0 Å². The van der Waals surface area contributed by atoms with Gasteiger partial charge in [-0.25, -0.2) is 0 Å². The van der Waals surface area contributed by atoms with E-state index in [1.54, 1.807) is 10.9 Å². The molecule has 0 spiro atoms. The van der Waals surface area contributed by atoms with Gasteiger partial charge >= 0.3 is 0 Å². The number of rotatable bonds is 3. The van der Waals surface area contributed by atoms with Crippen molar-refractivity contribution < 1.29 is 4.79 Å². The van der Waals surface area contributed by atoms with E-state index in [4.69, 9.17) is 0 Å². The van der Waals surface area contributed by atoms with E-state index in [1.807, 2.05) is 14.0 Å². The second-order valence-corrected chi connectivity index (χ2v) is 8.48. The molecule has 25 heavy (non-hydrogen) atoms. The van der Waals surface area contributed by atoms with Crippen molar-refractivity contribution in [3.05, 3.63) is 46.8 Å². The number of benzene rings is 1. The van der Waals surface area contributed by atoms with Crippen LogP contribution >= 0.6 is 0 Å². The molecule has 0 saturated heterocycles. The largest absolute Gasteiger partial charge is 0.322 e. The SMILES string of the molecule is Cc1nn(C)cc1C(=O)Nc1cccc2c1[C@@H]1CCC3(C(C)C)C2[C@H]13. The van der Waals surface area contributed by atoms with Crippen molar-refractivity contribution in [2.45, 2.75) is 45.4 Å². The minimum atomic E-state index is -0.0484. The Bertz CT molecular complexity index is 897. The lowest BCUT2D eigenvalue weighted by molar-refractivity contribution is 0.102. The molecule has 4 nitrogen and oxygen atoms in total. The summed E-state index contributed by atoms with van der Waals surface area (Å²) < 4.78 is 1.70. The van der Waals surface area contributed by atoms with E-state index >= 15 is 0 Å². The molecule has 2 saturated carbocycles. The summed E-state index contributed by atoms with van der Waals surface area (Å²) in [7, 11) is 1.85. The Labute approximate surface area is 148 Å². The molecule has 0 bridgehead atoms. The third kappa shape index (κ3) is 1.77. The quantitative estimate of drug-likeness (QED) is 0.912. The van der Waals surface area contributed by atoms with Crippen LogP contribution in [0.15, 0.2) is 24.4 Å². The van der Waals surface area contributed by atoms with Crippen molar-refractivity contribution in [3.63, 3.8) is 0 Å². The van der Waals surface area contributed by atoms with Gasteiger partial charge in [0.15, 0.2) is 0 Å². The van der Waals surface area contributed by atoms with Crippen molar-refractivity contribution >= 4 is 11.6 Å². The number of anilines is 1. The number of fused-ring (bicyclic) bond motifs is 4. The highest BCUT2D eigenvalue weighted by atomic mass is 16.1. The van der Waals surface area contributed by atoms with Crippen molar-refractivity contribution in [2.24, 2.45) is 24.3 Å². The number of nitrogens with zero attached hydrogens (tertiary/aromatic N) is 2. The second-order valence-electron chi connectivity index (χ2n) is 8.48. The number of carbonyl (C=O) groups is 1. The Hall–Kier alpha value is -2.10. The fraction of sp³-hybridized carbons (Fsp3) is 0.524. The van der Waals surface area contributed by atoms with Gasteiger partial charge in [-0.15, -0.1) is 0 Å². The lowest BCUT2D eigenvalue weighted by Crippen LogP contribution is -2.16. The molecule has 3 aliphatic carbocycles. The van der Waals surface area contributed by atoms with Crippen LogP contribution in [0.25, 0.3) is 0 Å². The van der Waals surface area contributed by atoms with E-state index in [1.165, 1.54) is 24.0 Å². The highest BCUT2D eigenvalue weighted by molar-refractivity contribution is 6.05. The van der Waals surface area contributed by atoms with Crippen LogP contribution in [0.2, 0.25) is 0 Å². The van der Waals surface area contributed by atoms with E-state index < -0.39 is 0 Å². The van der Waals surface area contributed by atoms with Crippen LogP contribution in [-0.4, -0.2) is 15.7 Å². The molecule has 5 rings (SSSR count). The van der Waals surface area contributed by atoms with E-state index in [-0.39, 0.29) is 5.91 Å². The molecule has 2 fully saturated rings. The third-order valence-corrected chi connectivity index (χ3v) is 7.20. The normalized spacial score (nSPS) is 31.2. The third-order valence-electron chi connectivity index (χ3n) is 7.20. The number of carbonyl (C=O) groups excluding carboxylic acids is 1. The van der Waals surface area contributed by atoms with Crippen molar-refractivity contribution in [2.75, 3.05) is 5.32 Å². The lowest BCUT2D eigenvalue weighted by atomic mass is 9.84. The van der Waals surface area contributed by atoms with Gasteiger partial charge in [-0.3, -0.25) is 9.48 Å². The van der Waals surface area contributed by atoms with Crippen LogP contribution in [0.1, 0.15) is 65.7 Å². The van der Waals surface area contributed by atoms with Gasteiger partial charge in [0, 0.05) is 18.9 Å². The maximum atomic E-state index is 12.8. The smallest absolute Gasteiger partial charge is 0.259 e. The van der Waals surface area contributed by atoms with E-state index in [9.17, 15) is 4.79 Å². The minimum Gasteiger partial charge on any atom is -0.322 e. The monoisotopic (exact) mass is 335 g/mol. The maximum absolute atomic E-state index is 12.8. The van der Waals surface area contributed by atoms with Crippen LogP contribution < -0.4 is 5.32 Å². The highest BCUT2D eigenvalue weighted by Gasteiger charge is 2.75. The summed E-state index contributed by atoms with van der Waals surface area (Å²) in [6.07, 6.45) is 4.41. The Kier molecular flexibility index (Phi) is 2.88. The molecule has 1 heterocycles. The fourth-order valence-corrected chi connectivity index (χ4v) is 6.23. The molecule has 1 amide bonds. The average molecular weight is 335 g/mol. The standard InChI is InChI=1S/C21H25N3O/c1-11(2)21-9-8-14-17-13(18(21)19(14)21)6-5-7-16(17)22-20(25)15-10-24(4)23-12(15)3/h5-7,10-11,14,18-19H,8-9H2,1-4H3,(H,22,25)/t14-,18?,19-,21?/m0/s1. The molecular weight excluding hydrogens is 310 g/mol. The Morgan fingerprint density at radius 3 is 2.88 bits per heavy atom. The van der Waals surface area contributed by atoms with Gasteiger partial charge in [0.05, 0.1) is 11.3 Å². The van der Waals surface area contributed by atoms with Crippen LogP contribution in [0.5, 0.6) is 0 Å². The summed E-state index contributed by atoms with van der Waals surface area (Å²) in [6, 6.07) is 6.48. The molecule has 4 atom stereocenters. The molecule has 2 unspecified atom stereocenters. The number of hydrogen-bond donors (Lipinski definition) is 1. The molecule has 0 aliphatic heterocycles. The number of amides is 1. The van der Waals surface area contributed by atoms with Gasteiger partial charge in [-0.1, -0.05) is 26.0 Å². The first-order valence-electron chi connectivity index (χ1n) is 9.39.